The molecule has 28 heavy (non-hydrogen) atoms. The number of benzene rings is 1. The van der Waals surface area contributed by atoms with Crippen LogP contribution in [0.1, 0.15) is 12.6 Å². The minimum Gasteiger partial charge on any atom is -0.449 e. The third kappa shape index (κ3) is 3.88. The fourth-order valence-electron chi connectivity index (χ4n) is 2.39. The first kappa shape index (κ1) is 21.5. The number of alkyl halides is 3. The van der Waals surface area contributed by atoms with E-state index in [4.69, 9.17) is 16.3 Å². The third-order valence-corrected chi connectivity index (χ3v) is 4.07. The normalized spacial score (nSPS) is 11.4. The van der Waals surface area contributed by atoms with Gasteiger partial charge in [0, 0.05) is 20.2 Å². The lowest BCUT2D eigenvalue weighted by Crippen LogP contribution is -2.41. The van der Waals surface area contributed by atoms with E-state index in [1.807, 2.05) is 0 Å². The summed E-state index contributed by atoms with van der Waals surface area (Å²) < 4.78 is 58.4. The van der Waals surface area contributed by atoms with Crippen LogP contribution in [-0.2, 0) is 18.0 Å². The van der Waals surface area contributed by atoms with E-state index in [0.29, 0.717) is 0 Å². The van der Waals surface area contributed by atoms with E-state index in [-0.39, 0.29) is 32.5 Å². The lowest BCUT2D eigenvalue weighted by molar-refractivity contribution is -0.144. The van der Waals surface area contributed by atoms with Gasteiger partial charge in [0.05, 0.1) is 23.0 Å². The molecule has 0 aliphatic carbocycles. The van der Waals surface area contributed by atoms with Crippen molar-refractivity contribution in [3.63, 3.8) is 0 Å². The van der Waals surface area contributed by atoms with Crippen LogP contribution in [0, 0.1) is 5.82 Å². The topological polar surface area (TPSA) is 73.5 Å². The number of hydrogen-bond donors (Lipinski definition) is 0. The minimum absolute atomic E-state index is 0.0355. The van der Waals surface area contributed by atoms with Crippen LogP contribution in [0.15, 0.2) is 27.8 Å². The summed E-state index contributed by atoms with van der Waals surface area (Å²) in [6.45, 7) is 1.59. The molecular formula is C16H14ClF4N3O4. The summed E-state index contributed by atoms with van der Waals surface area (Å²) in [5.41, 5.74) is -5.11. The SMILES string of the molecule is CCOC(=O)N(C)c1cc(-n2c(=O)cc(C(F)(F)F)n(C)c2=O)c(F)cc1Cl. The number of nitrogens with zero attached hydrogens (tertiary/aromatic N) is 3. The average molecular weight is 424 g/mol. The fraction of sp³-hybridized carbons (Fsp3) is 0.312. The lowest BCUT2D eigenvalue weighted by Gasteiger charge is -2.20. The van der Waals surface area contributed by atoms with Gasteiger partial charge in [-0.3, -0.25) is 14.3 Å². The Morgan fingerprint density at radius 2 is 1.86 bits per heavy atom. The molecule has 2 aromatic rings. The monoisotopic (exact) mass is 423 g/mol. The van der Waals surface area contributed by atoms with Gasteiger partial charge in [-0.25, -0.2) is 18.5 Å². The lowest BCUT2D eigenvalue weighted by atomic mass is 10.2. The number of hydrogen-bond acceptors (Lipinski definition) is 4. The van der Waals surface area contributed by atoms with Gasteiger partial charge in [-0.1, -0.05) is 11.6 Å². The minimum atomic E-state index is -4.96. The number of rotatable bonds is 3. The van der Waals surface area contributed by atoms with E-state index in [1.165, 1.54) is 7.05 Å². The Kier molecular flexibility index (Phi) is 5.88. The van der Waals surface area contributed by atoms with Crippen molar-refractivity contribution in [1.82, 2.24) is 9.13 Å². The van der Waals surface area contributed by atoms with Crippen molar-refractivity contribution in [2.24, 2.45) is 7.05 Å². The number of ether oxygens (including phenoxy) is 1. The molecule has 12 heteroatoms. The van der Waals surface area contributed by atoms with Crippen LogP contribution >= 0.6 is 11.6 Å². The second kappa shape index (κ2) is 7.66. The summed E-state index contributed by atoms with van der Waals surface area (Å²) in [6, 6.07) is 1.79. The summed E-state index contributed by atoms with van der Waals surface area (Å²) >= 11 is 5.92. The first-order valence-electron chi connectivity index (χ1n) is 7.70. The summed E-state index contributed by atoms with van der Waals surface area (Å²) in [5, 5.41) is -0.242. The highest BCUT2D eigenvalue weighted by Gasteiger charge is 2.35. The van der Waals surface area contributed by atoms with E-state index < -0.39 is 40.7 Å². The molecule has 1 heterocycles. The summed E-state index contributed by atoms with van der Waals surface area (Å²) in [6.07, 6.45) is -5.81. The number of aromatic nitrogens is 2. The number of carbonyl (C=O) groups excluding carboxylic acids is 1. The molecule has 0 aliphatic heterocycles. The van der Waals surface area contributed by atoms with Gasteiger partial charge in [0.1, 0.15) is 11.5 Å². The van der Waals surface area contributed by atoms with Gasteiger partial charge in [-0.2, -0.15) is 13.2 Å². The van der Waals surface area contributed by atoms with Crippen LogP contribution in [-0.4, -0.2) is 28.9 Å². The predicted molar refractivity (Wildman–Crippen MR) is 92.7 cm³/mol. The Morgan fingerprint density at radius 3 is 2.39 bits per heavy atom. The second-order valence-electron chi connectivity index (χ2n) is 5.56. The molecule has 0 unspecified atom stereocenters. The van der Waals surface area contributed by atoms with Crippen molar-refractivity contribution < 1.29 is 27.1 Å². The molecule has 0 fully saturated rings. The Labute approximate surface area is 160 Å². The molecule has 0 radical (unpaired) electrons. The van der Waals surface area contributed by atoms with Crippen LogP contribution in [0.5, 0.6) is 0 Å². The largest absolute Gasteiger partial charge is 0.449 e. The van der Waals surface area contributed by atoms with Crippen molar-refractivity contribution in [3.8, 4) is 5.69 Å². The standard InChI is InChI=1S/C16H14ClF4N3O4/c1-4-28-15(27)22(2)10-6-11(9(18)5-8(10)17)24-13(25)7-12(16(19,20)21)23(3)14(24)26/h5-7H,4H2,1-3H3. The van der Waals surface area contributed by atoms with E-state index in [2.05, 4.69) is 0 Å². The Morgan fingerprint density at radius 1 is 1.25 bits per heavy atom. The van der Waals surface area contributed by atoms with Gasteiger partial charge in [0.25, 0.3) is 5.56 Å². The second-order valence-corrected chi connectivity index (χ2v) is 5.96. The Balaban J connectivity index is 2.75. The van der Waals surface area contributed by atoms with E-state index in [9.17, 15) is 31.9 Å². The zero-order valence-corrected chi connectivity index (χ0v) is 15.6. The van der Waals surface area contributed by atoms with Gasteiger partial charge in [-0.15, -0.1) is 0 Å². The first-order valence-corrected chi connectivity index (χ1v) is 8.08. The van der Waals surface area contributed by atoms with Crippen molar-refractivity contribution >= 4 is 23.4 Å². The first-order chi connectivity index (χ1) is 12.9. The van der Waals surface area contributed by atoms with Gasteiger partial charge in [-0.05, 0) is 19.1 Å². The number of anilines is 1. The summed E-state index contributed by atoms with van der Waals surface area (Å²) in [7, 11) is 2.04. The van der Waals surface area contributed by atoms with E-state index in [1.54, 1.807) is 6.92 Å². The highest BCUT2D eigenvalue weighted by molar-refractivity contribution is 6.33. The molecule has 0 N–H and O–H groups in total. The van der Waals surface area contributed by atoms with Crippen LogP contribution in [0.3, 0.4) is 0 Å². The molecule has 0 bridgehead atoms. The molecule has 1 aromatic carbocycles. The van der Waals surface area contributed by atoms with Crippen LogP contribution in [0.2, 0.25) is 5.02 Å². The highest BCUT2D eigenvalue weighted by atomic mass is 35.5. The molecule has 0 spiro atoms. The molecule has 0 atom stereocenters. The smallest absolute Gasteiger partial charge is 0.431 e. The molecule has 0 saturated carbocycles. The maximum atomic E-state index is 14.4. The van der Waals surface area contributed by atoms with Gasteiger partial charge in [0.2, 0.25) is 0 Å². The van der Waals surface area contributed by atoms with Crippen LogP contribution in [0.25, 0.3) is 5.69 Å². The third-order valence-electron chi connectivity index (χ3n) is 3.77. The zero-order chi connectivity index (χ0) is 21.4. The van der Waals surface area contributed by atoms with E-state index >= 15 is 0 Å². The molecule has 0 saturated heterocycles. The molecule has 1 aromatic heterocycles. The maximum absolute atomic E-state index is 14.4. The van der Waals surface area contributed by atoms with Gasteiger partial charge in [0.15, 0.2) is 0 Å². The summed E-state index contributed by atoms with van der Waals surface area (Å²) in [5.74, 6) is -1.15. The van der Waals surface area contributed by atoms with Crippen LogP contribution < -0.4 is 16.1 Å². The van der Waals surface area contributed by atoms with E-state index in [0.717, 1.165) is 24.1 Å². The molecule has 1 amide bonds. The quantitative estimate of drug-likeness (QED) is 0.711. The molecule has 0 aliphatic rings. The number of carbonyl (C=O) groups is 1. The highest BCUT2D eigenvalue weighted by Crippen LogP contribution is 2.30. The number of amides is 1. The number of halogens is 5. The van der Waals surface area contributed by atoms with Crippen molar-refractivity contribution in [2.75, 3.05) is 18.6 Å². The predicted octanol–water partition coefficient (Wildman–Crippen LogP) is 2.94. The van der Waals surface area contributed by atoms with Gasteiger partial charge < -0.3 is 4.74 Å². The van der Waals surface area contributed by atoms with Crippen LogP contribution in [0.4, 0.5) is 28.0 Å². The van der Waals surface area contributed by atoms with Gasteiger partial charge >= 0.3 is 18.0 Å². The average Bonchev–Trinajstić information content (AvgIpc) is 2.58. The fourth-order valence-corrected chi connectivity index (χ4v) is 2.67. The molecule has 152 valence electrons. The molecule has 7 nitrogen and oxygen atoms in total. The molecular weight excluding hydrogens is 410 g/mol. The molecule has 2 rings (SSSR count). The Hall–Kier alpha value is -2.82. The van der Waals surface area contributed by atoms with Crippen molar-refractivity contribution in [1.29, 1.82) is 0 Å². The van der Waals surface area contributed by atoms with Crippen molar-refractivity contribution in [3.05, 3.63) is 55.6 Å². The zero-order valence-electron chi connectivity index (χ0n) is 14.8. The van der Waals surface area contributed by atoms with Crippen molar-refractivity contribution in [2.45, 2.75) is 13.1 Å². The summed E-state index contributed by atoms with van der Waals surface area (Å²) in [4.78, 5) is 37.3. The Bertz CT molecular complexity index is 1050. The maximum Gasteiger partial charge on any atom is 0.431 e.